The van der Waals surface area contributed by atoms with E-state index in [4.69, 9.17) is 14.2 Å². The highest BCUT2D eigenvalue weighted by Crippen LogP contribution is 2.32. The minimum Gasteiger partial charge on any atom is -0.493 e. The van der Waals surface area contributed by atoms with Crippen LogP contribution < -0.4 is 20.1 Å². The Balaban J connectivity index is 2.15. The van der Waals surface area contributed by atoms with Crippen molar-refractivity contribution in [2.45, 2.75) is 38.1 Å². The zero-order valence-corrected chi connectivity index (χ0v) is 15.9. The van der Waals surface area contributed by atoms with Crippen molar-refractivity contribution in [3.63, 3.8) is 0 Å². The van der Waals surface area contributed by atoms with Crippen LogP contribution in [-0.2, 0) is 14.3 Å². The van der Waals surface area contributed by atoms with Gasteiger partial charge in [0.15, 0.2) is 18.1 Å². The Morgan fingerprint density at radius 2 is 1.85 bits per heavy atom. The molecule has 0 heterocycles. The molecule has 148 valence electrons. The van der Waals surface area contributed by atoms with Crippen LogP contribution in [0.25, 0.3) is 0 Å². The van der Waals surface area contributed by atoms with Crippen molar-refractivity contribution < 1.29 is 28.6 Å². The number of esters is 1. The summed E-state index contributed by atoms with van der Waals surface area (Å²) < 4.78 is 15.8. The summed E-state index contributed by atoms with van der Waals surface area (Å²) in [6.45, 7) is 1.84. The summed E-state index contributed by atoms with van der Waals surface area (Å²) in [6, 6.07) is 4.63. The van der Waals surface area contributed by atoms with Crippen LogP contribution in [0.5, 0.6) is 11.5 Å². The molecular formula is C19H26N2O6. The molecule has 0 saturated heterocycles. The van der Waals surface area contributed by atoms with E-state index in [0.29, 0.717) is 29.9 Å². The fourth-order valence-electron chi connectivity index (χ4n) is 3.06. The van der Waals surface area contributed by atoms with Gasteiger partial charge in [0.2, 0.25) is 0 Å². The van der Waals surface area contributed by atoms with Gasteiger partial charge < -0.3 is 24.8 Å². The maximum Gasteiger partial charge on any atom is 0.331 e. The molecule has 0 aromatic heterocycles. The third kappa shape index (κ3) is 4.90. The Bertz CT molecular complexity index is 697. The Morgan fingerprint density at radius 3 is 2.44 bits per heavy atom. The van der Waals surface area contributed by atoms with Crippen molar-refractivity contribution in [3.05, 3.63) is 23.8 Å². The fraction of sp³-hybridized carbons (Fsp3) is 0.526. The predicted molar refractivity (Wildman–Crippen MR) is 97.9 cm³/mol. The van der Waals surface area contributed by atoms with E-state index in [1.807, 2.05) is 0 Å². The topological polar surface area (TPSA) is 103 Å². The molecule has 0 atom stereocenters. The molecule has 2 rings (SSSR count). The average molecular weight is 378 g/mol. The van der Waals surface area contributed by atoms with Crippen LogP contribution in [0, 0.1) is 0 Å². The summed E-state index contributed by atoms with van der Waals surface area (Å²) in [7, 11) is 2.96. The largest absolute Gasteiger partial charge is 0.493 e. The van der Waals surface area contributed by atoms with E-state index in [9.17, 15) is 14.4 Å². The van der Waals surface area contributed by atoms with E-state index in [1.54, 1.807) is 19.1 Å². The quantitative estimate of drug-likeness (QED) is 0.664. The van der Waals surface area contributed by atoms with Gasteiger partial charge in [0.05, 0.1) is 13.7 Å². The maximum atomic E-state index is 12.7. The van der Waals surface area contributed by atoms with Crippen molar-refractivity contribution in [1.82, 2.24) is 10.6 Å². The molecule has 0 spiro atoms. The number of hydrogen-bond donors (Lipinski definition) is 2. The first-order chi connectivity index (χ1) is 13.0. The van der Waals surface area contributed by atoms with Gasteiger partial charge in [-0.3, -0.25) is 9.59 Å². The van der Waals surface area contributed by atoms with Crippen LogP contribution in [0.2, 0.25) is 0 Å². The van der Waals surface area contributed by atoms with Crippen LogP contribution in [0.1, 0.15) is 43.0 Å². The van der Waals surface area contributed by atoms with Crippen LogP contribution in [0.3, 0.4) is 0 Å². The van der Waals surface area contributed by atoms with Gasteiger partial charge >= 0.3 is 5.97 Å². The number of benzene rings is 1. The Hall–Kier alpha value is -2.77. The van der Waals surface area contributed by atoms with Gasteiger partial charge in [-0.25, -0.2) is 4.79 Å². The molecule has 0 unspecified atom stereocenters. The van der Waals surface area contributed by atoms with Crippen molar-refractivity contribution in [2.24, 2.45) is 0 Å². The molecule has 1 saturated carbocycles. The van der Waals surface area contributed by atoms with Crippen molar-refractivity contribution in [2.75, 3.05) is 27.4 Å². The number of rotatable bonds is 8. The summed E-state index contributed by atoms with van der Waals surface area (Å²) in [5, 5.41) is 5.30. The minimum absolute atomic E-state index is 0.162. The second-order valence-corrected chi connectivity index (χ2v) is 6.29. The van der Waals surface area contributed by atoms with Gasteiger partial charge in [-0.2, -0.15) is 0 Å². The van der Waals surface area contributed by atoms with Gasteiger partial charge in [-0.1, -0.05) is 12.8 Å². The van der Waals surface area contributed by atoms with E-state index in [2.05, 4.69) is 10.6 Å². The van der Waals surface area contributed by atoms with Gasteiger partial charge in [-0.05, 0) is 38.0 Å². The number of ether oxygens (including phenoxy) is 3. The molecule has 1 aromatic rings. The standard InChI is InChI=1S/C19H26N2O6/c1-4-26-18(24)19(9-5-6-10-19)21-17(23)13-7-8-14(15(11-13)25-3)27-12-16(22)20-2/h7-8,11H,4-6,9-10,12H2,1-3H3,(H,20,22)(H,21,23). The molecule has 1 aliphatic rings. The molecule has 1 aliphatic carbocycles. The molecule has 1 fully saturated rings. The molecule has 8 nitrogen and oxygen atoms in total. The molecule has 0 aliphatic heterocycles. The SMILES string of the molecule is CCOC(=O)C1(NC(=O)c2ccc(OCC(=O)NC)c(OC)c2)CCCC1. The third-order valence-electron chi connectivity index (χ3n) is 4.54. The summed E-state index contributed by atoms with van der Waals surface area (Å²) in [5.41, 5.74) is -0.649. The molecule has 27 heavy (non-hydrogen) atoms. The molecule has 2 amide bonds. The van der Waals surface area contributed by atoms with E-state index < -0.39 is 11.5 Å². The fourth-order valence-corrected chi connectivity index (χ4v) is 3.06. The van der Waals surface area contributed by atoms with Crippen LogP contribution in [-0.4, -0.2) is 50.7 Å². The van der Waals surface area contributed by atoms with Crippen molar-refractivity contribution >= 4 is 17.8 Å². The monoisotopic (exact) mass is 378 g/mol. The summed E-state index contributed by atoms with van der Waals surface area (Å²) >= 11 is 0. The number of methoxy groups -OCH3 is 1. The number of hydrogen-bond acceptors (Lipinski definition) is 6. The number of likely N-dealkylation sites (N-methyl/N-ethyl adjacent to an activating group) is 1. The third-order valence-corrected chi connectivity index (χ3v) is 4.54. The number of nitrogens with one attached hydrogen (secondary N) is 2. The van der Waals surface area contributed by atoms with Crippen LogP contribution in [0.4, 0.5) is 0 Å². The van der Waals surface area contributed by atoms with Crippen LogP contribution in [0.15, 0.2) is 18.2 Å². The second kappa shape index (κ2) is 9.25. The highest BCUT2D eigenvalue weighted by molar-refractivity contribution is 5.98. The van der Waals surface area contributed by atoms with E-state index in [0.717, 1.165) is 12.8 Å². The van der Waals surface area contributed by atoms with Gasteiger partial charge in [0, 0.05) is 12.6 Å². The number of amides is 2. The van der Waals surface area contributed by atoms with Gasteiger partial charge in [0.25, 0.3) is 11.8 Å². The van der Waals surface area contributed by atoms with E-state index >= 15 is 0 Å². The first-order valence-electron chi connectivity index (χ1n) is 8.97. The van der Waals surface area contributed by atoms with E-state index in [-0.39, 0.29) is 25.0 Å². The summed E-state index contributed by atoms with van der Waals surface area (Å²) in [4.78, 5) is 36.4. The molecule has 0 bridgehead atoms. The molecule has 2 N–H and O–H groups in total. The highest BCUT2D eigenvalue weighted by Gasteiger charge is 2.44. The van der Waals surface area contributed by atoms with Gasteiger partial charge in [-0.15, -0.1) is 0 Å². The highest BCUT2D eigenvalue weighted by atomic mass is 16.5. The lowest BCUT2D eigenvalue weighted by atomic mass is 9.97. The lowest BCUT2D eigenvalue weighted by molar-refractivity contribution is -0.150. The summed E-state index contributed by atoms with van der Waals surface area (Å²) in [6.07, 6.45) is 2.83. The number of carbonyl (C=O) groups is 3. The zero-order chi connectivity index (χ0) is 19.9. The average Bonchev–Trinajstić information content (AvgIpc) is 3.15. The Kier molecular flexibility index (Phi) is 7.04. The molecular weight excluding hydrogens is 352 g/mol. The predicted octanol–water partition coefficient (Wildman–Crippen LogP) is 1.43. The zero-order valence-electron chi connectivity index (χ0n) is 15.9. The first-order valence-corrected chi connectivity index (χ1v) is 8.97. The molecule has 0 radical (unpaired) electrons. The molecule has 1 aromatic carbocycles. The number of carbonyl (C=O) groups excluding carboxylic acids is 3. The minimum atomic E-state index is -0.977. The van der Waals surface area contributed by atoms with E-state index in [1.165, 1.54) is 20.2 Å². The second-order valence-electron chi connectivity index (χ2n) is 6.29. The summed E-state index contributed by atoms with van der Waals surface area (Å²) in [5.74, 6) is -0.396. The smallest absolute Gasteiger partial charge is 0.331 e. The van der Waals surface area contributed by atoms with Gasteiger partial charge in [0.1, 0.15) is 5.54 Å². The maximum absolute atomic E-state index is 12.7. The van der Waals surface area contributed by atoms with Crippen LogP contribution >= 0.6 is 0 Å². The molecule has 8 heteroatoms. The lowest BCUT2D eigenvalue weighted by Gasteiger charge is -2.27. The van der Waals surface area contributed by atoms with Crippen molar-refractivity contribution in [1.29, 1.82) is 0 Å². The normalized spacial score (nSPS) is 14.9. The lowest BCUT2D eigenvalue weighted by Crippen LogP contribution is -2.53. The Morgan fingerprint density at radius 1 is 1.15 bits per heavy atom. The first kappa shape index (κ1) is 20.5. The van der Waals surface area contributed by atoms with Crippen molar-refractivity contribution in [3.8, 4) is 11.5 Å². The Labute approximate surface area is 158 Å².